The molecule has 1 saturated carbocycles. The van der Waals surface area contributed by atoms with Crippen LogP contribution in [0.15, 0.2) is 18.2 Å². The predicted molar refractivity (Wildman–Crippen MR) is 104 cm³/mol. The van der Waals surface area contributed by atoms with Crippen molar-refractivity contribution < 1.29 is 14.6 Å². The molecule has 1 aromatic rings. The van der Waals surface area contributed by atoms with E-state index in [1.807, 2.05) is 6.07 Å². The van der Waals surface area contributed by atoms with E-state index in [0.29, 0.717) is 6.04 Å². The zero-order valence-electron chi connectivity index (χ0n) is 16.3. The molecule has 3 rings (SSSR count). The number of ether oxygens (including phenoxy) is 2. The van der Waals surface area contributed by atoms with Crippen molar-refractivity contribution in [2.24, 2.45) is 0 Å². The molecule has 0 aromatic heterocycles. The van der Waals surface area contributed by atoms with Crippen molar-refractivity contribution in [1.29, 1.82) is 0 Å². The average Bonchev–Trinajstić information content (AvgIpc) is 2.69. The van der Waals surface area contributed by atoms with Gasteiger partial charge in [-0.1, -0.05) is 19.3 Å². The summed E-state index contributed by atoms with van der Waals surface area (Å²) in [4.78, 5) is 5.20. The Labute approximate surface area is 157 Å². The van der Waals surface area contributed by atoms with E-state index in [1.165, 1.54) is 37.7 Å². The van der Waals surface area contributed by atoms with Crippen LogP contribution in [0, 0.1) is 0 Å². The summed E-state index contributed by atoms with van der Waals surface area (Å²) in [6, 6.07) is 7.25. The van der Waals surface area contributed by atoms with E-state index in [1.54, 1.807) is 14.2 Å². The van der Waals surface area contributed by atoms with Crippen LogP contribution in [0.2, 0.25) is 0 Å². The number of rotatable bonds is 7. The smallest absolute Gasteiger partial charge is 0.122 e. The first-order valence-corrected chi connectivity index (χ1v) is 10.0. The lowest BCUT2D eigenvalue weighted by Gasteiger charge is -2.45. The Balaban J connectivity index is 1.67. The summed E-state index contributed by atoms with van der Waals surface area (Å²) in [5.74, 6) is 1.66. The van der Waals surface area contributed by atoms with E-state index < -0.39 is 0 Å². The molecule has 26 heavy (non-hydrogen) atoms. The van der Waals surface area contributed by atoms with Gasteiger partial charge in [0.15, 0.2) is 0 Å². The van der Waals surface area contributed by atoms with Crippen LogP contribution in [0.25, 0.3) is 0 Å². The van der Waals surface area contributed by atoms with Crippen molar-refractivity contribution in [2.75, 3.05) is 40.5 Å². The van der Waals surface area contributed by atoms with Gasteiger partial charge in [-0.25, -0.2) is 0 Å². The number of piperazine rings is 1. The summed E-state index contributed by atoms with van der Waals surface area (Å²) in [7, 11) is 3.38. The van der Waals surface area contributed by atoms with Gasteiger partial charge in [-0.15, -0.1) is 0 Å². The Morgan fingerprint density at radius 3 is 2.31 bits per heavy atom. The molecule has 5 heteroatoms. The fraction of sp³-hybridized carbons (Fsp3) is 0.714. The lowest BCUT2D eigenvalue weighted by molar-refractivity contribution is 0.0221. The predicted octanol–water partition coefficient (Wildman–Crippen LogP) is 2.91. The van der Waals surface area contributed by atoms with Gasteiger partial charge >= 0.3 is 0 Å². The molecular formula is C21H34N2O3. The lowest BCUT2D eigenvalue weighted by Crippen LogP contribution is -2.56. The first-order valence-electron chi connectivity index (χ1n) is 10.0. The minimum absolute atomic E-state index is 0.251. The standard InChI is InChI=1S/C21H34N2O3/c1-25-20-12-17(13-21(14-20)26-2)15-22-9-10-23(16-19(22)8-11-24)18-6-4-3-5-7-18/h12-14,18-19,24H,3-11,15-16H2,1-2H3. The van der Waals surface area contributed by atoms with Gasteiger partial charge in [0.25, 0.3) is 0 Å². The number of nitrogens with zero attached hydrogens (tertiary/aromatic N) is 2. The van der Waals surface area contributed by atoms with E-state index in [2.05, 4.69) is 21.9 Å². The van der Waals surface area contributed by atoms with Gasteiger partial charge in [0.05, 0.1) is 14.2 Å². The van der Waals surface area contributed by atoms with Gasteiger partial charge in [-0.2, -0.15) is 0 Å². The van der Waals surface area contributed by atoms with Gasteiger partial charge < -0.3 is 14.6 Å². The molecule has 1 N–H and O–H groups in total. The van der Waals surface area contributed by atoms with Crippen molar-refractivity contribution in [3.63, 3.8) is 0 Å². The van der Waals surface area contributed by atoms with Crippen LogP contribution >= 0.6 is 0 Å². The van der Waals surface area contributed by atoms with Gasteiger partial charge in [0, 0.05) is 50.9 Å². The number of benzene rings is 1. The molecule has 2 aliphatic rings. The second kappa shape index (κ2) is 9.58. The van der Waals surface area contributed by atoms with Crippen LogP contribution in [0.3, 0.4) is 0 Å². The molecule has 5 nitrogen and oxygen atoms in total. The largest absolute Gasteiger partial charge is 0.497 e. The zero-order chi connectivity index (χ0) is 18.4. The van der Waals surface area contributed by atoms with E-state index in [4.69, 9.17) is 9.47 Å². The van der Waals surface area contributed by atoms with Crippen LogP contribution in [-0.4, -0.2) is 67.5 Å². The third-order valence-electron chi connectivity index (χ3n) is 5.99. The maximum Gasteiger partial charge on any atom is 0.122 e. The quantitative estimate of drug-likeness (QED) is 0.808. The lowest BCUT2D eigenvalue weighted by atomic mass is 9.92. The molecule has 0 amide bonds. The number of methoxy groups -OCH3 is 2. The summed E-state index contributed by atoms with van der Waals surface area (Å²) in [6.45, 7) is 4.39. The third kappa shape index (κ3) is 4.90. The van der Waals surface area contributed by atoms with Crippen molar-refractivity contribution in [2.45, 2.75) is 57.2 Å². The first-order chi connectivity index (χ1) is 12.7. The molecule has 2 fully saturated rings. The Morgan fingerprint density at radius 1 is 1.00 bits per heavy atom. The highest BCUT2D eigenvalue weighted by molar-refractivity contribution is 5.38. The van der Waals surface area contributed by atoms with Crippen molar-refractivity contribution >= 4 is 0 Å². The molecule has 1 atom stereocenters. The normalized spacial score (nSPS) is 23.1. The van der Waals surface area contributed by atoms with Crippen LogP contribution in [0.4, 0.5) is 0 Å². The van der Waals surface area contributed by atoms with Crippen LogP contribution in [-0.2, 0) is 6.54 Å². The number of hydrogen-bond donors (Lipinski definition) is 1. The minimum Gasteiger partial charge on any atom is -0.497 e. The highest BCUT2D eigenvalue weighted by Crippen LogP contribution is 2.28. The van der Waals surface area contributed by atoms with Gasteiger partial charge in [0.1, 0.15) is 11.5 Å². The van der Waals surface area contributed by atoms with Crippen LogP contribution in [0.1, 0.15) is 44.1 Å². The summed E-state index contributed by atoms with van der Waals surface area (Å²) < 4.78 is 10.8. The molecule has 146 valence electrons. The molecule has 1 aliphatic heterocycles. The highest BCUT2D eigenvalue weighted by atomic mass is 16.5. The summed E-state index contributed by atoms with van der Waals surface area (Å²) in [6.07, 6.45) is 7.68. The Hall–Kier alpha value is -1.30. The second-order valence-corrected chi connectivity index (χ2v) is 7.64. The highest BCUT2D eigenvalue weighted by Gasteiger charge is 2.31. The summed E-state index contributed by atoms with van der Waals surface area (Å²) in [5.41, 5.74) is 1.20. The molecule has 1 saturated heterocycles. The van der Waals surface area contributed by atoms with Crippen LogP contribution in [0.5, 0.6) is 11.5 Å². The van der Waals surface area contributed by atoms with Crippen molar-refractivity contribution in [3.8, 4) is 11.5 Å². The van der Waals surface area contributed by atoms with Crippen LogP contribution < -0.4 is 9.47 Å². The number of aliphatic hydroxyl groups excluding tert-OH is 1. The SMILES string of the molecule is COc1cc(CN2CCN(C3CCCCC3)CC2CCO)cc(OC)c1. The summed E-state index contributed by atoms with van der Waals surface area (Å²) >= 11 is 0. The van der Waals surface area contributed by atoms with E-state index >= 15 is 0 Å². The third-order valence-corrected chi connectivity index (χ3v) is 5.99. The number of aliphatic hydroxyl groups is 1. The maximum atomic E-state index is 9.58. The molecule has 1 aromatic carbocycles. The van der Waals surface area contributed by atoms with Gasteiger partial charge in [-0.3, -0.25) is 9.80 Å². The fourth-order valence-electron chi connectivity index (χ4n) is 4.52. The minimum atomic E-state index is 0.251. The average molecular weight is 363 g/mol. The zero-order valence-corrected chi connectivity index (χ0v) is 16.3. The Bertz CT molecular complexity index is 538. The maximum absolute atomic E-state index is 9.58. The monoisotopic (exact) mass is 362 g/mol. The molecule has 0 spiro atoms. The summed E-state index contributed by atoms with van der Waals surface area (Å²) in [5, 5.41) is 9.58. The molecule has 0 radical (unpaired) electrons. The van der Waals surface area contributed by atoms with Gasteiger partial charge in [0.2, 0.25) is 0 Å². The number of hydrogen-bond acceptors (Lipinski definition) is 5. The topological polar surface area (TPSA) is 45.2 Å². The Morgan fingerprint density at radius 2 is 1.69 bits per heavy atom. The Kier molecular flexibility index (Phi) is 7.17. The van der Waals surface area contributed by atoms with E-state index in [-0.39, 0.29) is 6.61 Å². The van der Waals surface area contributed by atoms with E-state index in [9.17, 15) is 5.11 Å². The molecule has 1 heterocycles. The first kappa shape index (κ1) is 19.5. The second-order valence-electron chi connectivity index (χ2n) is 7.64. The molecule has 1 unspecified atom stereocenters. The van der Waals surface area contributed by atoms with Crippen molar-refractivity contribution in [1.82, 2.24) is 9.80 Å². The van der Waals surface area contributed by atoms with Crippen molar-refractivity contribution in [3.05, 3.63) is 23.8 Å². The van der Waals surface area contributed by atoms with Gasteiger partial charge in [-0.05, 0) is 37.0 Å². The molecular weight excluding hydrogens is 328 g/mol. The fourth-order valence-corrected chi connectivity index (χ4v) is 4.52. The van der Waals surface area contributed by atoms with E-state index in [0.717, 1.165) is 50.1 Å². The molecule has 0 bridgehead atoms. The molecule has 1 aliphatic carbocycles.